The van der Waals surface area contributed by atoms with Gasteiger partial charge in [0.25, 0.3) is 10.1 Å². The Hall–Kier alpha value is -1.67. The third-order valence-electron chi connectivity index (χ3n) is 4.37. The van der Waals surface area contributed by atoms with Gasteiger partial charge in [0.15, 0.2) is 4.75 Å². The van der Waals surface area contributed by atoms with Gasteiger partial charge in [-0.25, -0.2) is 0 Å². The lowest BCUT2D eigenvalue weighted by molar-refractivity contribution is 0.416. The summed E-state index contributed by atoms with van der Waals surface area (Å²) < 4.78 is 33.9. The van der Waals surface area contributed by atoms with Gasteiger partial charge < -0.3 is 10.2 Å². The van der Waals surface area contributed by atoms with Gasteiger partial charge in [-0.05, 0) is 30.3 Å². The second kappa shape index (κ2) is 7.87. The molecule has 0 spiro atoms. The first-order valence-corrected chi connectivity index (χ1v) is 10.9. The third-order valence-corrected chi connectivity index (χ3v) is 6.95. The van der Waals surface area contributed by atoms with E-state index in [1.54, 1.807) is 0 Å². The highest BCUT2D eigenvalue weighted by atomic mass is 35.5. The Labute approximate surface area is 186 Å². The lowest BCUT2D eigenvalue weighted by atomic mass is 9.82. The fraction of sp³-hybridized carbons (Fsp3) is 0.0526. The summed E-state index contributed by atoms with van der Waals surface area (Å²) in [5, 5.41) is 20.8. The molecule has 3 N–H and O–H groups in total. The molecular weight excluding hydrogens is 482 g/mol. The fourth-order valence-electron chi connectivity index (χ4n) is 3.31. The van der Waals surface area contributed by atoms with Gasteiger partial charge >= 0.3 is 0 Å². The second-order valence-corrected chi connectivity index (χ2v) is 9.27. The summed E-state index contributed by atoms with van der Waals surface area (Å²) in [5.74, 6) is -1.44. The Balaban J connectivity index is 2.71. The number of phenols is 2. The molecule has 152 valence electrons. The van der Waals surface area contributed by atoms with Crippen molar-refractivity contribution in [1.29, 1.82) is 0 Å². The van der Waals surface area contributed by atoms with Crippen molar-refractivity contribution in [3.05, 3.63) is 91.4 Å². The number of benzene rings is 3. The van der Waals surface area contributed by atoms with E-state index in [0.717, 1.165) is 12.1 Å². The molecule has 0 radical (unpaired) electrons. The smallest absolute Gasteiger partial charge is 0.283 e. The van der Waals surface area contributed by atoms with Crippen LogP contribution in [0.15, 0.2) is 54.6 Å². The fourth-order valence-corrected chi connectivity index (χ4v) is 6.05. The molecule has 0 bridgehead atoms. The van der Waals surface area contributed by atoms with Crippen molar-refractivity contribution in [2.24, 2.45) is 0 Å². The minimum absolute atomic E-state index is 0.0719. The molecule has 29 heavy (non-hydrogen) atoms. The van der Waals surface area contributed by atoms with E-state index in [4.69, 9.17) is 46.4 Å². The standard InChI is InChI=1S/C19H12Cl4O5S/c20-10-8-15(24)18(16(25)9-10)19(29(26,27)28,11-4-1-2-5-12(11)21)17-13(22)6-3-7-14(17)23/h1-9,24-25H,(H,26,27,28). The van der Waals surface area contributed by atoms with Crippen LogP contribution in [0.4, 0.5) is 0 Å². The minimum Gasteiger partial charge on any atom is -0.507 e. The molecule has 0 aliphatic heterocycles. The quantitative estimate of drug-likeness (QED) is 0.311. The zero-order valence-electron chi connectivity index (χ0n) is 14.3. The number of phenolic OH excluding ortho intramolecular Hbond substituents is 2. The van der Waals surface area contributed by atoms with Gasteiger partial charge in [-0.2, -0.15) is 8.42 Å². The van der Waals surface area contributed by atoms with Crippen LogP contribution in [0.5, 0.6) is 11.5 Å². The molecule has 0 fully saturated rings. The van der Waals surface area contributed by atoms with Crippen LogP contribution in [-0.2, 0) is 14.9 Å². The third kappa shape index (κ3) is 3.54. The molecule has 0 amide bonds. The van der Waals surface area contributed by atoms with Crippen molar-refractivity contribution < 1.29 is 23.2 Å². The number of rotatable bonds is 4. The molecule has 0 aliphatic rings. The van der Waals surface area contributed by atoms with Gasteiger partial charge in [0.05, 0.1) is 5.56 Å². The first kappa shape index (κ1) is 22.0. The van der Waals surface area contributed by atoms with E-state index in [1.165, 1.54) is 42.5 Å². The summed E-state index contributed by atoms with van der Waals surface area (Å²) in [6, 6.07) is 11.9. The predicted octanol–water partition coefficient (Wildman–Crippen LogP) is 5.89. The topological polar surface area (TPSA) is 94.8 Å². The lowest BCUT2D eigenvalue weighted by Crippen LogP contribution is -2.39. The Kier molecular flexibility index (Phi) is 5.98. The van der Waals surface area contributed by atoms with Crippen LogP contribution in [0.1, 0.15) is 16.7 Å². The van der Waals surface area contributed by atoms with Crippen molar-refractivity contribution in [3.63, 3.8) is 0 Å². The van der Waals surface area contributed by atoms with E-state index in [9.17, 15) is 23.2 Å². The first-order valence-electron chi connectivity index (χ1n) is 7.90. The molecule has 3 aromatic rings. The number of halogens is 4. The largest absolute Gasteiger partial charge is 0.507 e. The van der Waals surface area contributed by atoms with Gasteiger partial charge in [-0.3, -0.25) is 4.55 Å². The van der Waals surface area contributed by atoms with Crippen molar-refractivity contribution in [1.82, 2.24) is 0 Å². The summed E-state index contributed by atoms with van der Waals surface area (Å²) in [6.45, 7) is 0. The van der Waals surface area contributed by atoms with Crippen LogP contribution in [0.3, 0.4) is 0 Å². The molecular formula is C19H12Cl4O5S. The molecule has 10 heteroatoms. The number of hydrogen-bond donors (Lipinski definition) is 3. The highest BCUT2D eigenvalue weighted by molar-refractivity contribution is 7.87. The van der Waals surface area contributed by atoms with Gasteiger partial charge in [0, 0.05) is 31.2 Å². The summed E-state index contributed by atoms with van der Waals surface area (Å²) in [5.41, 5.74) is -1.09. The molecule has 1 atom stereocenters. The van der Waals surface area contributed by atoms with Crippen LogP contribution in [-0.4, -0.2) is 23.2 Å². The van der Waals surface area contributed by atoms with Gasteiger partial charge in [0.1, 0.15) is 11.5 Å². The zero-order chi connectivity index (χ0) is 21.6. The predicted molar refractivity (Wildman–Crippen MR) is 114 cm³/mol. The Morgan fingerprint density at radius 2 is 1.21 bits per heavy atom. The summed E-state index contributed by atoms with van der Waals surface area (Å²) in [6.07, 6.45) is 0. The number of aromatic hydroxyl groups is 2. The minimum atomic E-state index is -5.23. The van der Waals surface area contributed by atoms with E-state index in [1.807, 2.05) is 0 Å². The summed E-state index contributed by atoms with van der Waals surface area (Å²) >= 11 is 24.8. The van der Waals surface area contributed by atoms with Crippen LogP contribution >= 0.6 is 46.4 Å². The van der Waals surface area contributed by atoms with Gasteiger partial charge in [0.2, 0.25) is 0 Å². The van der Waals surface area contributed by atoms with Crippen LogP contribution in [0, 0.1) is 0 Å². The zero-order valence-corrected chi connectivity index (χ0v) is 18.1. The van der Waals surface area contributed by atoms with Crippen LogP contribution in [0.2, 0.25) is 20.1 Å². The average molecular weight is 494 g/mol. The first-order chi connectivity index (χ1) is 13.5. The van der Waals surface area contributed by atoms with Gasteiger partial charge in [-0.15, -0.1) is 0 Å². The van der Waals surface area contributed by atoms with E-state index in [0.29, 0.717) is 0 Å². The van der Waals surface area contributed by atoms with Crippen molar-refractivity contribution in [2.45, 2.75) is 4.75 Å². The SMILES string of the molecule is O=S(=O)(O)C(c1ccccc1Cl)(c1c(O)cc(Cl)cc1O)c1c(Cl)cccc1Cl. The monoisotopic (exact) mass is 492 g/mol. The number of hydrogen-bond acceptors (Lipinski definition) is 4. The molecule has 0 aromatic heterocycles. The molecule has 0 heterocycles. The van der Waals surface area contributed by atoms with Crippen molar-refractivity contribution in [3.8, 4) is 11.5 Å². The molecule has 0 saturated carbocycles. The average Bonchev–Trinajstić information content (AvgIpc) is 2.58. The van der Waals surface area contributed by atoms with Gasteiger partial charge in [-0.1, -0.05) is 70.7 Å². The van der Waals surface area contributed by atoms with Crippen molar-refractivity contribution in [2.75, 3.05) is 0 Å². The molecule has 0 aliphatic carbocycles. The normalized spacial score (nSPS) is 13.8. The molecule has 0 saturated heterocycles. The lowest BCUT2D eigenvalue weighted by Gasteiger charge is -2.35. The molecule has 5 nitrogen and oxygen atoms in total. The highest BCUT2D eigenvalue weighted by Gasteiger charge is 2.54. The highest BCUT2D eigenvalue weighted by Crippen LogP contribution is 2.55. The Morgan fingerprint density at radius 1 is 0.724 bits per heavy atom. The Morgan fingerprint density at radius 3 is 1.69 bits per heavy atom. The van der Waals surface area contributed by atoms with E-state index in [2.05, 4.69) is 0 Å². The van der Waals surface area contributed by atoms with Crippen molar-refractivity contribution >= 4 is 56.5 Å². The van der Waals surface area contributed by atoms with Crippen LogP contribution in [0.25, 0.3) is 0 Å². The molecule has 3 rings (SSSR count). The molecule has 1 unspecified atom stereocenters. The molecule has 3 aromatic carbocycles. The van der Waals surface area contributed by atoms with E-state index in [-0.39, 0.29) is 31.2 Å². The summed E-state index contributed by atoms with van der Waals surface area (Å²) in [7, 11) is -5.23. The second-order valence-electron chi connectivity index (χ2n) is 6.05. The summed E-state index contributed by atoms with van der Waals surface area (Å²) in [4.78, 5) is 0. The van der Waals surface area contributed by atoms with Crippen LogP contribution < -0.4 is 0 Å². The maximum absolute atomic E-state index is 13.0. The van der Waals surface area contributed by atoms with E-state index >= 15 is 0 Å². The maximum atomic E-state index is 13.0. The van der Waals surface area contributed by atoms with E-state index < -0.39 is 31.9 Å². The Bertz CT molecular complexity index is 1170. The maximum Gasteiger partial charge on any atom is 0.283 e.